The largest absolute Gasteiger partial charge is 0.494 e. The summed E-state index contributed by atoms with van der Waals surface area (Å²) in [6.45, 7) is 0.725. The molecule has 2 N–H and O–H groups in total. The number of nitrogens with zero attached hydrogens (tertiary/aromatic N) is 1. The normalized spacial score (nSPS) is 17.3. The van der Waals surface area contributed by atoms with Gasteiger partial charge in [-0.25, -0.2) is 4.99 Å². The van der Waals surface area contributed by atoms with Crippen molar-refractivity contribution in [2.24, 2.45) is 4.99 Å². The molecule has 0 unspecified atom stereocenters. The van der Waals surface area contributed by atoms with E-state index >= 15 is 0 Å². The molecular formula is C35H34Br2N2O6. The van der Waals surface area contributed by atoms with Crippen LogP contribution in [0.4, 0.5) is 0 Å². The van der Waals surface area contributed by atoms with Gasteiger partial charge in [-0.2, -0.15) is 0 Å². The summed E-state index contributed by atoms with van der Waals surface area (Å²) in [4.78, 5) is 19.6. The molecule has 0 aromatic heterocycles. The maximum absolute atomic E-state index is 14.5. The molecule has 4 aromatic rings. The maximum atomic E-state index is 14.5. The lowest BCUT2D eigenvalue weighted by Crippen LogP contribution is -2.49. The number of benzene rings is 4. The van der Waals surface area contributed by atoms with Gasteiger partial charge in [0.25, 0.3) is 5.91 Å². The highest BCUT2D eigenvalue weighted by molar-refractivity contribution is 9.10. The zero-order valence-electron chi connectivity index (χ0n) is 25.0. The van der Waals surface area contributed by atoms with Crippen LogP contribution in [0.25, 0.3) is 0 Å². The van der Waals surface area contributed by atoms with Gasteiger partial charge in [0.05, 0.1) is 20.8 Å². The summed E-state index contributed by atoms with van der Waals surface area (Å²) in [5.41, 5.74) is 1.99. The van der Waals surface area contributed by atoms with Crippen molar-refractivity contribution in [2.45, 2.75) is 31.0 Å². The molecule has 8 nitrogen and oxygen atoms in total. The SMILES string of the molecule is COc1ccc(CNC(=O)[C@]2(Cc3ccc(Br)cc3)N=C(c3ccc(OCCCO)cc3)O[C@@H]2c2ccc(Br)cc2)cc1OC. The lowest BCUT2D eigenvalue weighted by atomic mass is 9.82. The Bertz CT molecular complexity index is 1630. The number of hydrogen-bond donors (Lipinski definition) is 2. The molecule has 1 aliphatic heterocycles. The van der Waals surface area contributed by atoms with Gasteiger partial charge in [0.2, 0.25) is 5.90 Å². The fourth-order valence-electron chi connectivity index (χ4n) is 5.16. The van der Waals surface area contributed by atoms with Crippen molar-refractivity contribution in [1.82, 2.24) is 5.32 Å². The summed E-state index contributed by atoms with van der Waals surface area (Å²) in [6.07, 6.45) is 0.128. The highest BCUT2D eigenvalue weighted by Crippen LogP contribution is 2.43. The zero-order valence-corrected chi connectivity index (χ0v) is 28.1. The number of carbonyl (C=O) groups is 1. The van der Waals surface area contributed by atoms with Crippen LogP contribution in [-0.2, 0) is 22.5 Å². The van der Waals surface area contributed by atoms with E-state index in [1.54, 1.807) is 14.2 Å². The highest BCUT2D eigenvalue weighted by Gasteiger charge is 2.53. The Morgan fingerprint density at radius 1 is 0.889 bits per heavy atom. The number of halogens is 2. The van der Waals surface area contributed by atoms with Crippen LogP contribution in [0, 0.1) is 0 Å². The third-order valence-corrected chi connectivity index (χ3v) is 8.55. The topological polar surface area (TPSA) is 98.6 Å². The average Bonchev–Trinajstić information content (AvgIpc) is 3.45. The number of aliphatic imine (C=N–C) groups is 1. The van der Waals surface area contributed by atoms with Crippen molar-refractivity contribution in [2.75, 3.05) is 27.4 Å². The van der Waals surface area contributed by atoms with Crippen LogP contribution in [0.15, 0.2) is 105 Å². The number of ether oxygens (including phenoxy) is 4. The van der Waals surface area contributed by atoms with E-state index in [0.29, 0.717) is 42.6 Å². The lowest BCUT2D eigenvalue weighted by Gasteiger charge is -2.31. The van der Waals surface area contributed by atoms with Gasteiger partial charge in [0, 0.05) is 40.5 Å². The summed E-state index contributed by atoms with van der Waals surface area (Å²) < 4.78 is 25.0. The Hall–Kier alpha value is -3.86. The molecule has 10 heteroatoms. The number of methoxy groups -OCH3 is 2. The lowest BCUT2D eigenvalue weighted by molar-refractivity contribution is -0.129. The molecule has 0 saturated heterocycles. The van der Waals surface area contributed by atoms with E-state index in [2.05, 4.69) is 37.2 Å². The van der Waals surface area contributed by atoms with Crippen molar-refractivity contribution in [3.05, 3.63) is 122 Å². The number of carbonyl (C=O) groups excluding carboxylic acids is 1. The van der Waals surface area contributed by atoms with Crippen LogP contribution < -0.4 is 19.5 Å². The van der Waals surface area contributed by atoms with Gasteiger partial charge >= 0.3 is 0 Å². The van der Waals surface area contributed by atoms with Crippen LogP contribution in [0.1, 0.15) is 34.8 Å². The van der Waals surface area contributed by atoms with E-state index in [9.17, 15) is 4.79 Å². The second-order valence-corrected chi connectivity index (χ2v) is 12.3. The van der Waals surface area contributed by atoms with Crippen molar-refractivity contribution in [3.8, 4) is 17.2 Å². The van der Waals surface area contributed by atoms with Gasteiger partial charge in [-0.15, -0.1) is 0 Å². The van der Waals surface area contributed by atoms with Crippen molar-refractivity contribution in [3.63, 3.8) is 0 Å². The first-order valence-corrected chi connectivity index (χ1v) is 16.0. The van der Waals surface area contributed by atoms with Gasteiger partial charge in [-0.05, 0) is 77.4 Å². The van der Waals surface area contributed by atoms with Crippen molar-refractivity contribution < 1.29 is 28.8 Å². The van der Waals surface area contributed by atoms with Gasteiger partial charge < -0.3 is 29.4 Å². The second kappa shape index (κ2) is 14.9. The molecule has 0 radical (unpaired) electrons. The molecule has 0 bridgehead atoms. The standard InChI is InChI=1S/C35H34Br2N2O6/c1-42-30-17-6-24(20-31(30)43-2)22-38-34(41)35(21-23-4-11-27(36)12-5-23)32(25-7-13-28(37)14-8-25)45-33(39-35)26-9-15-29(16-10-26)44-19-3-18-40/h4-17,20,32,40H,3,18-19,21-22H2,1-2H3,(H,38,41)/t32-,35-/m1/s1. The summed E-state index contributed by atoms with van der Waals surface area (Å²) >= 11 is 7.04. The molecule has 2 atom stereocenters. The molecule has 1 aliphatic rings. The molecule has 5 rings (SSSR count). The predicted octanol–water partition coefficient (Wildman–Crippen LogP) is 6.81. The number of rotatable bonds is 13. The second-order valence-electron chi connectivity index (χ2n) is 10.5. The summed E-state index contributed by atoms with van der Waals surface area (Å²) in [5.74, 6) is 1.95. The minimum Gasteiger partial charge on any atom is -0.494 e. The van der Waals surface area contributed by atoms with Crippen LogP contribution in [-0.4, -0.2) is 49.9 Å². The Kier molecular flexibility index (Phi) is 10.8. The molecule has 45 heavy (non-hydrogen) atoms. The molecule has 1 heterocycles. The third-order valence-electron chi connectivity index (χ3n) is 7.49. The molecule has 0 saturated carbocycles. The molecule has 0 fully saturated rings. The summed E-state index contributed by atoms with van der Waals surface area (Å²) in [7, 11) is 3.16. The van der Waals surface area contributed by atoms with Gasteiger partial charge in [0.1, 0.15) is 5.75 Å². The van der Waals surface area contributed by atoms with Crippen molar-refractivity contribution >= 4 is 43.7 Å². The van der Waals surface area contributed by atoms with E-state index < -0.39 is 11.6 Å². The Morgan fingerprint density at radius 3 is 2.18 bits per heavy atom. The molecule has 4 aromatic carbocycles. The molecule has 1 amide bonds. The molecular weight excluding hydrogens is 704 g/mol. The molecule has 0 spiro atoms. The smallest absolute Gasteiger partial charge is 0.252 e. The zero-order chi connectivity index (χ0) is 31.8. The van der Waals surface area contributed by atoms with Crippen LogP contribution >= 0.6 is 31.9 Å². The minimum absolute atomic E-state index is 0.0642. The van der Waals surface area contributed by atoms with Crippen molar-refractivity contribution in [1.29, 1.82) is 0 Å². The van der Waals surface area contributed by atoms with E-state index in [1.165, 1.54) is 0 Å². The third kappa shape index (κ3) is 7.69. The molecule has 234 valence electrons. The quantitative estimate of drug-likeness (QED) is 0.147. The first-order chi connectivity index (χ1) is 21.8. The summed E-state index contributed by atoms with van der Waals surface area (Å²) in [6, 6.07) is 28.6. The molecule has 0 aliphatic carbocycles. The fourth-order valence-corrected chi connectivity index (χ4v) is 5.69. The van der Waals surface area contributed by atoms with Crippen LogP contribution in [0.5, 0.6) is 17.2 Å². The minimum atomic E-state index is -1.33. The Balaban J connectivity index is 1.54. The Morgan fingerprint density at radius 2 is 1.53 bits per heavy atom. The van der Waals surface area contributed by atoms with E-state index in [0.717, 1.165) is 31.2 Å². The van der Waals surface area contributed by atoms with Gasteiger partial charge in [0.15, 0.2) is 23.1 Å². The number of aliphatic hydroxyl groups is 1. The maximum Gasteiger partial charge on any atom is 0.252 e. The van der Waals surface area contributed by atoms with Gasteiger partial charge in [-0.3, -0.25) is 4.79 Å². The number of hydrogen-bond acceptors (Lipinski definition) is 7. The van der Waals surface area contributed by atoms with Crippen LogP contribution in [0.2, 0.25) is 0 Å². The Labute approximate surface area is 279 Å². The van der Waals surface area contributed by atoms with E-state index in [1.807, 2.05) is 91.0 Å². The summed E-state index contributed by atoms with van der Waals surface area (Å²) in [5, 5.41) is 12.2. The average molecular weight is 738 g/mol. The first-order valence-electron chi connectivity index (χ1n) is 14.4. The predicted molar refractivity (Wildman–Crippen MR) is 180 cm³/mol. The van der Waals surface area contributed by atoms with Gasteiger partial charge in [-0.1, -0.05) is 62.2 Å². The highest BCUT2D eigenvalue weighted by atomic mass is 79.9. The number of amides is 1. The number of aliphatic hydroxyl groups excluding tert-OH is 1. The van der Waals surface area contributed by atoms with Crippen LogP contribution in [0.3, 0.4) is 0 Å². The van der Waals surface area contributed by atoms with E-state index in [4.69, 9.17) is 29.0 Å². The van der Waals surface area contributed by atoms with E-state index in [-0.39, 0.29) is 19.1 Å². The monoisotopic (exact) mass is 736 g/mol. The number of nitrogens with one attached hydrogen (secondary N) is 1. The fraction of sp³-hybridized carbons (Fsp3) is 0.257. The first kappa shape index (κ1) is 32.5.